The molecule has 2 heterocycles. The number of nitrogens with zero attached hydrogens (tertiary/aromatic N) is 2. The molecule has 0 aliphatic heterocycles. The van der Waals surface area contributed by atoms with Crippen LogP contribution in [-0.4, -0.2) is 9.78 Å². The fourth-order valence-electron chi connectivity index (χ4n) is 1.99. The van der Waals surface area contributed by atoms with Crippen molar-refractivity contribution in [1.82, 2.24) is 9.78 Å². The summed E-state index contributed by atoms with van der Waals surface area (Å²) in [6.07, 6.45) is 1.78. The summed E-state index contributed by atoms with van der Waals surface area (Å²) in [4.78, 5) is 0. The second-order valence-electron chi connectivity index (χ2n) is 3.92. The lowest BCUT2D eigenvalue weighted by Gasteiger charge is -2.12. The molecule has 2 rings (SSSR count). The topological polar surface area (TPSA) is 57.0 Å². The zero-order chi connectivity index (χ0) is 11.7. The first-order valence-electron chi connectivity index (χ1n) is 5.47. The molecule has 0 saturated heterocycles. The third kappa shape index (κ3) is 1.76. The van der Waals surface area contributed by atoms with Gasteiger partial charge in [0.15, 0.2) is 0 Å². The van der Waals surface area contributed by atoms with E-state index in [0.717, 1.165) is 29.3 Å². The average Bonchev–Trinajstić information content (AvgIpc) is 2.83. The summed E-state index contributed by atoms with van der Waals surface area (Å²) in [6, 6.07) is 3.78. The zero-order valence-corrected chi connectivity index (χ0v) is 9.90. The van der Waals surface area contributed by atoms with E-state index >= 15 is 0 Å². The zero-order valence-electron chi connectivity index (χ0n) is 9.90. The van der Waals surface area contributed by atoms with Gasteiger partial charge < -0.3 is 10.2 Å². The van der Waals surface area contributed by atoms with Gasteiger partial charge in [-0.25, -0.2) is 0 Å². The van der Waals surface area contributed by atoms with Gasteiger partial charge >= 0.3 is 0 Å². The normalized spacial score (nSPS) is 13.0. The molecule has 0 aliphatic rings. The molecule has 0 aromatic carbocycles. The molecule has 0 bridgehead atoms. The predicted molar refractivity (Wildman–Crippen MR) is 62.1 cm³/mol. The maximum Gasteiger partial charge on any atom is 0.106 e. The van der Waals surface area contributed by atoms with Crippen molar-refractivity contribution in [2.24, 2.45) is 5.73 Å². The van der Waals surface area contributed by atoms with Gasteiger partial charge in [0.25, 0.3) is 0 Å². The Hall–Kier alpha value is -1.55. The maximum atomic E-state index is 6.23. The highest BCUT2D eigenvalue weighted by atomic mass is 16.3. The van der Waals surface area contributed by atoms with Crippen LogP contribution in [0.25, 0.3) is 0 Å². The predicted octanol–water partition coefficient (Wildman–Crippen LogP) is 2.16. The van der Waals surface area contributed by atoms with Crippen molar-refractivity contribution < 1.29 is 4.42 Å². The highest BCUT2D eigenvalue weighted by Gasteiger charge is 2.18. The maximum absolute atomic E-state index is 6.23. The van der Waals surface area contributed by atoms with Crippen LogP contribution >= 0.6 is 0 Å². The van der Waals surface area contributed by atoms with Crippen molar-refractivity contribution in [2.45, 2.75) is 33.4 Å². The minimum absolute atomic E-state index is 0.167. The molecule has 2 N–H and O–H groups in total. The number of hydrogen-bond donors (Lipinski definition) is 1. The molecule has 0 spiro atoms. The molecule has 16 heavy (non-hydrogen) atoms. The van der Waals surface area contributed by atoms with Crippen LogP contribution < -0.4 is 5.73 Å². The summed E-state index contributed by atoms with van der Waals surface area (Å²) in [5.41, 5.74) is 8.29. The number of aryl methyl sites for hydroxylation is 3. The molecule has 0 aliphatic carbocycles. The Morgan fingerprint density at radius 3 is 2.81 bits per heavy atom. The standard InChI is InChI=1S/C12H17N3O/c1-4-15-11(5-6-14-15)12(13)10-7-8(2)16-9(10)3/h5-7,12H,4,13H2,1-3H3. The van der Waals surface area contributed by atoms with Crippen molar-refractivity contribution >= 4 is 0 Å². The third-order valence-electron chi connectivity index (χ3n) is 2.78. The van der Waals surface area contributed by atoms with E-state index in [2.05, 4.69) is 12.0 Å². The Bertz CT molecular complexity index is 484. The summed E-state index contributed by atoms with van der Waals surface area (Å²) in [5, 5.41) is 4.22. The minimum Gasteiger partial charge on any atom is -0.466 e. The van der Waals surface area contributed by atoms with E-state index in [1.165, 1.54) is 0 Å². The van der Waals surface area contributed by atoms with Gasteiger partial charge in [-0.2, -0.15) is 5.10 Å². The first kappa shape index (κ1) is 11.0. The lowest BCUT2D eigenvalue weighted by molar-refractivity contribution is 0.498. The number of nitrogens with two attached hydrogens (primary N) is 1. The first-order valence-corrected chi connectivity index (χ1v) is 5.47. The number of aromatic nitrogens is 2. The molecule has 1 atom stereocenters. The van der Waals surface area contributed by atoms with Crippen molar-refractivity contribution in [3.05, 3.63) is 41.1 Å². The van der Waals surface area contributed by atoms with Gasteiger partial charge in [-0.15, -0.1) is 0 Å². The molecule has 2 aromatic heterocycles. The Kier molecular flexibility index (Phi) is 2.83. The minimum atomic E-state index is -0.167. The number of furan rings is 1. The Morgan fingerprint density at radius 2 is 2.25 bits per heavy atom. The molecule has 0 saturated carbocycles. The van der Waals surface area contributed by atoms with E-state index in [9.17, 15) is 0 Å². The van der Waals surface area contributed by atoms with Crippen LogP contribution in [0.1, 0.15) is 35.7 Å². The van der Waals surface area contributed by atoms with Crippen LogP contribution in [0.15, 0.2) is 22.7 Å². The molecule has 1 unspecified atom stereocenters. The van der Waals surface area contributed by atoms with Gasteiger partial charge in [0, 0.05) is 18.3 Å². The second kappa shape index (κ2) is 4.14. The number of hydrogen-bond acceptors (Lipinski definition) is 3. The Labute approximate surface area is 95.1 Å². The molecule has 0 fully saturated rings. The van der Waals surface area contributed by atoms with E-state index in [-0.39, 0.29) is 6.04 Å². The van der Waals surface area contributed by atoms with E-state index in [0.29, 0.717) is 0 Å². The van der Waals surface area contributed by atoms with Crippen molar-refractivity contribution in [2.75, 3.05) is 0 Å². The first-order chi connectivity index (χ1) is 7.63. The molecule has 0 amide bonds. The average molecular weight is 219 g/mol. The van der Waals surface area contributed by atoms with Gasteiger partial charge in [0.2, 0.25) is 0 Å². The fraction of sp³-hybridized carbons (Fsp3) is 0.417. The third-order valence-corrected chi connectivity index (χ3v) is 2.78. The summed E-state index contributed by atoms with van der Waals surface area (Å²) in [5.74, 6) is 1.78. The van der Waals surface area contributed by atoms with E-state index < -0.39 is 0 Å². The van der Waals surface area contributed by atoms with Crippen molar-refractivity contribution in [3.8, 4) is 0 Å². The molecular formula is C12H17N3O. The molecule has 86 valence electrons. The Morgan fingerprint density at radius 1 is 1.50 bits per heavy atom. The van der Waals surface area contributed by atoms with Gasteiger partial charge in [-0.1, -0.05) is 0 Å². The lowest BCUT2D eigenvalue weighted by atomic mass is 10.1. The van der Waals surface area contributed by atoms with Crippen LogP contribution in [-0.2, 0) is 6.54 Å². The van der Waals surface area contributed by atoms with Crippen molar-refractivity contribution in [1.29, 1.82) is 0 Å². The van der Waals surface area contributed by atoms with Crippen LogP contribution in [0.3, 0.4) is 0 Å². The second-order valence-corrected chi connectivity index (χ2v) is 3.92. The number of rotatable bonds is 3. The van der Waals surface area contributed by atoms with Crippen LogP contribution in [0.4, 0.5) is 0 Å². The van der Waals surface area contributed by atoms with E-state index in [4.69, 9.17) is 10.2 Å². The molecule has 4 nitrogen and oxygen atoms in total. The van der Waals surface area contributed by atoms with Crippen LogP contribution in [0, 0.1) is 13.8 Å². The van der Waals surface area contributed by atoms with Gasteiger partial charge in [0.05, 0.1) is 11.7 Å². The smallest absolute Gasteiger partial charge is 0.106 e. The molecule has 2 aromatic rings. The fourth-order valence-corrected chi connectivity index (χ4v) is 1.99. The van der Waals surface area contributed by atoms with Gasteiger partial charge in [-0.05, 0) is 32.9 Å². The molecule has 0 radical (unpaired) electrons. The summed E-state index contributed by atoms with van der Waals surface area (Å²) in [6.45, 7) is 6.75. The van der Waals surface area contributed by atoms with Gasteiger partial charge in [-0.3, -0.25) is 4.68 Å². The van der Waals surface area contributed by atoms with E-state index in [1.807, 2.05) is 30.7 Å². The quantitative estimate of drug-likeness (QED) is 0.860. The molecular weight excluding hydrogens is 202 g/mol. The van der Waals surface area contributed by atoms with Crippen LogP contribution in [0.5, 0.6) is 0 Å². The van der Waals surface area contributed by atoms with E-state index in [1.54, 1.807) is 6.20 Å². The van der Waals surface area contributed by atoms with Gasteiger partial charge in [0.1, 0.15) is 11.5 Å². The monoisotopic (exact) mass is 219 g/mol. The summed E-state index contributed by atoms with van der Waals surface area (Å²) < 4.78 is 7.41. The SMILES string of the molecule is CCn1nccc1C(N)c1cc(C)oc1C. The highest BCUT2D eigenvalue weighted by molar-refractivity contribution is 5.30. The largest absolute Gasteiger partial charge is 0.466 e. The molecule has 4 heteroatoms. The summed E-state index contributed by atoms with van der Waals surface area (Å²) >= 11 is 0. The Balaban J connectivity index is 2.38. The highest BCUT2D eigenvalue weighted by Crippen LogP contribution is 2.25. The lowest BCUT2D eigenvalue weighted by Crippen LogP contribution is -2.17. The summed E-state index contributed by atoms with van der Waals surface area (Å²) in [7, 11) is 0. The van der Waals surface area contributed by atoms with Crippen LogP contribution in [0.2, 0.25) is 0 Å². The van der Waals surface area contributed by atoms with Crippen molar-refractivity contribution in [3.63, 3.8) is 0 Å².